The molecule has 2 aromatic carbocycles. The van der Waals surface area contributed by atoms with E-state index in [4.69, 9.17) is 4.74 Å². The van der Waals surface area contributed by atoms with Gasteiger partial charge in [-0.25, -0.2) is 4.79 Å². The van der Waals surface area contributed by atoms with Gasteiger partial charge >= 0.3 is 6.09 Å². The first-order valence-electron chi connectivity index (χ1n) is 9.18. The predicted molar refractivity (Wildman–Crippen MR) is 101 cm³/mol. The van der Waals surface area contributed by atoms with E-state index in [2.05, 4.69) is 12.1 Å². The van der Waals surface area contributed by atoms with Gasteiger partial charge < -0.3 is 19.5 Å². The SMILES string of the molecule is CC(C)C[C@@H](C(=O)[O-])N(C)C(=O)OCC1c2ccccc2-c2ccccc21. The fraction of sp³-hybridized carbons (Fsp3) is 0.364. The highest BCUT2D eigenvalue weighted by atomic mass is 16.6. The minimum Gasteiger partial charge on any atom is -0.548 e. The van der Waals surface area contributed by atoms with E-state index in [9.17, 15) is 14.7 Å². The lowest BCUT2D eigenvalue weighted by Gasteiger charge is -2.30. The number of hydrogen-bond donors (Lipinski definition) is 0. The van der Waals surface area contributed by atoms with Crippen LogP contribution in [0.4, 0.5) is 4.79 Å². The minimum atomic E-state index is -1.26. The fourth-order valence-corrected chi connectivity index (χ4v) is 3.68. The molecule has 0 saturated carbocycles. The van der Waals surface area contributed by atoms with Crippen molar-refractivity contribution in [3.63, 3.8) is 0 Å². The Morgan fingerprint density at radius 3 is 2.04 bits per heavy atom. The number of carbonyl (C=O) groups excluding carboxylic acids is 2. The number of carbonyl (C=O) groups is 2. The van der Waals surface area contributed by atoms with Crippen LogP contribution in [0.15, 0.2) is 48.5 Å². The summed E-state index contributed by atoms with van der Waals surface area (Å²) >= 11 is 0. The van der Waals surface area contributed by atoms with Crippen molar-refractivity contribution in [1.29, 1.82) is 0 Å². The van der Waals surface area contributed by atoms with Crippen LogP contribution in [0.1, 0.15) is 37.3 Å². The second-order valence-corrected chi connectivity index (χ2v) is 7.38. The topological polar surface area (TPSA) is 69.7 Å². The molecule has 0 bridgehead atoms. The molecular weight excluding hydrogens is 342 g/mol. The molecule has 1 atom stereocenters. The van der Waals surface area contributed by atoms with Crippen molar-refractivity contribution in [1.82, 2.24) is 4.90 Å². The molecule has 0 saturated heterocycles. The molecule has 142 valence electrons. The quantitative estimate of drug-likeness (QED) is 0.788. The van der Waals surface area contributed by atoms with Gasteiger partial charge in [-0.05, 0) is 34.6 Å². The van der Waals surface area contributed by atoms with Crippen LogP contribution >= 0.6 is 0 Å². The van der Waals surface area contributed by atoms with E-state index < -0.39 is 18.1 Å². The number of ether oxygens (including phenoxy) is 1. The third-order valence-electron chi connectivity index (χ3n) is 5.06. The van der Waals surface area contributed by atoms with Gasteiger partial charge in [0.15, 0.2) is 0 Å². The van der Waals surface area contributed by atoms with Gasteiger partial charge in [-0.2, -0.15) is 0 Å². The van der Waals surface area contributed by atoms with E-state index in [0.717, 1.165) is 27.2 Å². The van der Waals surface area contributed by atoms with Gasteiger partial charge in [-0.1, -0.05) is 62.4 Å². The molecule has 27 heavy (non-hydrogen) atoms. The van der Waals surface area contributed by atoms with Gasteiger partial charge in [0.2, 0.25) is 0 Å². The molecule has 1 aliphatic rings. The number of aliphatic carboxylic acids is 1. The summed E-state index contributed by atoms with van der Waals surface area (Å²) in [5.41, 5.74) is 4.53. The van der Waals surface area contributed by atoms with E-state index in [1.165, 1.54) is 7.05 Å². The molecule has 5 nitrogen and oxygen atoms in total. The van der Waals surface area contributed by atoms with E-state index in [0.29, 0.717) is 6.42 Å². The average molecular weight is 366 g/mol. The van der Waals surface area contributed by atoms with Crippen molar-refractivity contribution in [2.75, 3.05) is 13.7 Å². The van der Waals surface area contributed by atoms with Crippen LogP contribution in [-0.2, 0) is 9.53 Å². The molecule has 0 unspecified atom stereocenters. The Hall–Kier alpha value is -2.82. The number of amides is 1. The molecule has 0 fully saturated rings. The van der Waals surface area contributed by atoms with Crippen molar-refractivity contribution in [2.24, 2.45) is 5.92 Å². The molecular formula is C22H24NO4-. The third-order valence-corrected chi connectivity index (χ3v) is 5.06. The summed E-state index contributed by atoms with van der Waals surface area (Å²) in [7, 11) is 1.45. The number of fused-ring (bicyclic) bond motifs is 3. The molecule has 0 aliphatic heterocycles. The van der Waals surface area contributed by atoms with Crippen molar-refractivity contribution in [3.8, 4) is 11.1 Å². The van der Waals surface area contributed by atoms with Crippen LogP contribution in [0.2, 0.25) is 0 Å². The maximum Gasteiger partial charge on any atom is 0.410 e. The Balaban J connectivity index is 1.75. The summed E-state index contributed by atoms with van der Waals surface area (Å²) < 4.78 is 5.51. The van der Waals surface area contributed by atoms with Gasteiger partial charge in [0.25, 0.3) is 0 Å². The van der Waals surface area contributed by atoms with Crippen molar-refractivity contribution < 1.29 is 19.4 Å². The van der Waals surface area contributed by atoms with Crippen molar-refractivity contribution in [2.45, 2.75) is 32.2 Å². The summed E-state index contributed by atoms with van der Waals surface area (Å²) in [5.74, 6) is -1.20. The standard InChI is InChI=1S/C22H25NO4/c1-14(2)12-20(21(24)25)23(3)22(26)27-13-19-17-10-6-4-8-15(17)16-9-5-7-11-18(16)19/h4-11,14,19-20H,12-13H2,1-3H3,(H,24,25)/p-1/t20-/m0/s1. The Morgan fingerprint density at radius 2 is 1.56 bits per heavy atom. The number of hydrogen-bond acceptors (Lipinski definition) is 4. The first-order valence-corrected chi connectivity index (χ1v) is 9.18. The normalized spacial score (nSPS) is 13.8. The lowest BCUT2D eigenvalue weighted by molar-refractivity contribution is -0.311. The first-order chi connectivity index (χ1) is 12.9. The fourth-order valence-electron chi connectivity index (χ4n) is 3.68. The zero-order valence-corrected chi connectivity index (χ0v) is 15.8. The third kappa shape index (κ3) is 3.82. The maximum atomic E-state index is 12.5. The molecule has 1 amide bonds. The zero-order chi connectivity index (χ0) is 19.6. The number of carboxylic acids is 1. The first kappa shape index (κ1) is 19.0. The van der Waals surface area contributed by atoms with Crippen molar-refractivity contribution >= 4 is 12.1 Å². The number of carboxylic acid groups (broad SMARTS) is 1. The Kier molecular flexibility index (Phi) is 5.49. The van der Waals surface area contributed by atoms with Gasteiger partial charge in [-0.3, -0.25) is 0 Å². The van der Waals surface area contributed by atoms with E-state index in [-0.39, 0.29) is 18.4 Å². The summed E-state index contributed by atoms with van der Waals surface area (Å²) in [4.78, 5) is 25.0. The number of benzene rings is 2. The van der Waals surface area contributed by atoms with Crippen molar-refractivity contribution in [3.05, 3.63) is 59.7 Å². The smallest absolute Gasteiger partial charge is 0.410 e. The molecule has 3 rings (SSSR count). The van der Waals surface area contributed by atoms with Gasteiger partial charge in [0, 0.05) is 13.0 Å². The second kappa shape index (κ2) is 7.82. The Labute approximate surface area is 159 Å². The Morgan fingerprint density at radius 1 is 1.04 bits per heavy atom. The van der Waals surface area contributed by atoms with Crippen LogP contribution in [0.5, 0.6) is 0 Å². The van der Waals surface area contributed by atoms with Crippen LogP contribution in [0.3, 0.4) is 0 Å². The van der Waals surface area contributed by atoms with E-state index in [1.54, 1.807) is 0 Å². The number of likely N-dealkylation sites (N-methyl/N-ethyl adjacent to an activating group) is 1. The molecule has 5 heteroatoms. The number of rotatable bonds is 6. The molecule has 0 heterocycles. The minimum absolute atomic E-state index is 0.0544. The lowest BCUT2D eigenvalue weighted by Crippen LogP contribution is -2.49. The molecule has 0 N–H and O–H groups in total. The molecule has 0 spiro atoms. The van der Waals surface area contributed by atoms with E-state index >= 15 is 0 Å². The molecule has 0 radical (unpaired) electrons. The van der Waals surface area contributed by atoms with Gasteiger partial charge in [0.05, 0.1) is 12.0 Å². The largest absolute Gasteiger partial charge is 0.548 e. The summed E-state index contributed by atoms with van der Waals surface area (Å²) in [6.07, 6.45) is -0.324. The summed E-state index contributed by atoms with van der Waals surface area (Å²) in [5, 5.41) is 11.4. The lowest BCUT2D eigenvalue weighted by atomic mass is 9.98. The monoisotopic (exact) mass is 366 g/mol. The Bertz CT molecular complexity index is 800. The van der Waals surface area contributed by atoms with Crippen LogP contribution < -0.4 is 5.11 Å². The maximum absolute atomic E-state index is 12.5. The molecule has 1 aliphatic carbocycles. The molecule has 0 aromatic heterocycles. The van der Waals surface area contributed by atoms with Gasteiger partial charge in [0.1, 0.15) is 6.61 Å². The van der Waals surface area contributed by atoms with Crippen LogP contribution in [0, 0.1) is 5.92 Å². The predicted octanol–water partition coefficient (Wildman–Crippen LogP) is 3.03. The second-order valence-electron chi connectivity index (χ2n) is 7.38. The number of nitrogens with zero attached hydrogens (tertiary/aromatic N) is 1. The summed E-state index contributed by atoms with van der Waals surface area (Å²) in [6, 6.07) is 15.2. The highest BCUT2D eigenvalue weighted by Crippen LogP contribution is 2.44. The highest BCUT2D eigenvalue weighted by Gasteiger charge is 2.30. The van der Waals surface area contributed by atoms with Gasteiger partial charge in [-0.15, -0.1) is 0 Å². The summed E-state index contributed by atoms with van der Waals surface area (Å²) in [6.45, 7) is 3.97. The molecule has 2 aromatic rings. The zero-order valence-electron chi connectivity index (χ0n) is 15.8. The highest BCUT2D eigenvalue weighted by molar-refractivity contribution is 5.80. The van der Waals surface area contributed by atoms with Crippen LogP contribution in [0.25, 0.3) is 11.1 Å². The van der Waals surface area contributed by atoms with Crippen LogP contribution in [-0.4, -0.2) is 36.7 Å². The van der Waals surface area contributed by atoms with E-state index in [1.807, 2.05) is 50.2 Å². The average Bonchev–Trinajstić information content (AvgIpc) is 2.97.